The van der Waals surface area contributed by atoms with Gasteiger partial charge in [0.1, 0.15) is 5.78 Å². The maximum Gasteiger partial charge on any atom is 0.303 e. The number of carboxylic acid groups (broad SMARTS) is 1. The number of aliphatic carboxylic acids is 1. The summed E-state index contributed by atoms with van der Waals surface area (Å²) >= 11 is 0. The van der Waals surface area contributed by atoms with Crippen LogP contribution in [0.2, 0.25) is 0 Å². The maximum atomic E-state index is 11.3. The SMILES string of the molecule is CC(=O)[C@@H](C)Cc1ccc(-c2ccc(CCC(=O)O)cc2)cc1. The normalized spacial score (nSPS) is 11.9. The number of carboxylic acids is 1. The smallest absolute Gasteiger partial charge is 0.303 e. The molecule has 2 aromatic carbocycles. The first-order valence-corrected chi connectivity index (χ1v) is 7.86. The summed E-state index contributed by atoms with van der Waals surface area (Å²) in [6.45, 7) is 3.58. The summed E-state index contributed by atoms with van der Waals surface area (Å²) < 4.78 is 0. The first-order chi connectivity index (χ1) is 11.0. The van der Waals surface area contributed by atoms with Gasteiger partial charge < -0.3 is 5.11 Å². The zero-order chi connectivity index (χ0) is 16.8. The van der Waals surface area contributed by atoms with Crippen molar-refractivity contribution in [2.24, 2.45) is 5.92 Å². The van der Waals surface area contributed by atoms with Crippen LogP contribution in [0.25, 0.3) is 11.1 Å². The number of aryl methyl sites for hydroxylation is 1. The number of carbonyl (C=O) groups excluding carboxylic acids is 1. The molecule has 0 amide bonds. The summed E-state index contributed by atoms with van der Waals surface area (Å²) in [6, 6.07) is 16.2. The highest BCUT2D eigenvalue weighted by atomic mass is 16.4. The highest BCUT2D eigenvalue weighted by Gasteiger charge is 2.08. The molecule has 0 bridgehead atoms. The molecule has 0 saturated heterocycles. The molecule has 0 fully saturated rings. The zero-order valence-corrected chi connectivity index (χ0v) is 13.6. The van der Waals surface area contributed by atoms with Gasteiger partial charge in [-0.15, -0.1) is 0 Å². The molecule has 1 N–H and O–H groups in total. The molecule has 2 aromatic rings. The van der Waals surface area contributed by atoms with Crippen LogP contribution in [0.15, 0.2) is 48.5 Å². The fourth-order valence-electron chi connectivity index (χ4n) is 2.45. The lowest BCUT2D eigenvalue weighted by Crippen LogP contribution is -2.09. The predicted molar refractivity (Wildman–Crippen MR) is 91.4 cm³/mol. The Morgan fingerprint density at radius 1 is 0.913 bits per heavy atom. The van der Waals surface area contributed by atoms with E-state index in [-0.39, 0.29) is 18.1 Å². The molecule has 0 aliphatic heterocycles. The third-order valence-electron chi connectivity index (χ3n) is 4.10. The minimum atomic E-state index is -0.774. The lowest BCUT2D eigenvalue weighted by Gasteiger charge is -2.09. The van der Waals surface area contributed by atoms with E-state index in [1.807, 2.05) is 31.2 Å². The molecular formula is C20H22O3. The number of benzene rings is 2. The molecule has 0 radical (unpaired) electrons. The molecule has 2 rings (SSSR count). The first kappa shape index (κ1) is 16.9. The van der Waals surface area contributed by atoms with E-state index in [0.29, 0.717) is 6.42 Å². The molecule has 3 heteroatoms. The molecule has 0 aromatic heterocycles. The summed E-state index contributed by atoms with van der Waals surface area (Å²) in [5.74, 6) is -0.509. The number of rotatable bonds is 7. The number of carbonyl (C=O) groups is 2. The zero-order valence-electron chi connectivity index (χ0n) is 13.6. The van der Waals surface area contributed by atoms with Gasteiger partial charge in [-0.3, -0.25) is 9.59 Å². The van der Waals surface area contributed by atoms with Gasteiger partial charge in [0.25, 0.3) is 0 Å². The van der Waals surface area contributed by atoms with E-state index < -0.39 is 5.97 Å². The minimum absolute atomic E-state index is 0.0503. The van der Waals surface area contributed by atoms with E-state index in [4.69, 9.17) is 5.11 Å². The van der Waals surface area contributed by atoms with E-state index in [2.05, 4.69) is 24.3 Å². The number of hydrogen-bond acceptors (Lipinski definition) is 2. The Labute approximate surface area is 137 Å². The number of ketones is 1. The second-order valence-electron chi connectivity index (χ2n) is 6.00. The van der Waals surface area contributed by atoms with E-state index in [0.717, 1.165) is 28.7 Å². The van der Waals surface area contributed by atoms with E-state index in [1.54, 1.807) is 6.92 Å². The lowest BCUT2D eigenvalue weighted by molar-refractivity contribution is -0.137. The minimum Gasteiger partial charge on any atom is -0.481 e. The Kier molecular flexibility index (Phi) is 5.69. The van der Waals surface area contributed by atoms with Crippen molar-refractivity contribution in [3.8, 4) is 11.1 Å². The molecule has 0 unspecified atom stereocenters. The average Bonchev–Trinajstić information content (AvgIpc) is 2.54. The van der Waals surface area contributed by atoms with Crippen molar-refractivity contribution in [1.82, 2.24) is 0 Å². The van der Waals surface area contributed by atoms with Crippen LogP contribution in [0.5, 0.6) is 0 Å². The summed E-state index contributed by atoms with van der Waals surface area (Å²) in [5, 5.41) is 8.71. The molecule has 120 valence electrons. The van der Waals surface area contributed by atoms with Crippen LogP contribution in [-0.2, 0) is 22.4 Å². The van der Waals surface area contributed by atoms with E-state index in [9.17, 15) is 9.59 Å². The lowest BCUT2D eigenvalue weighted by atomic mass is 9.95. The van der Waals surface area contributed by atoms with Gasteiger partial charge in [0.2, 0.25) is 0 Å². The number of Topliss-reactive ketones (excluding diaryl/α,β-unsaturated/α-hetero) is 1. The highest BCUT2D eigenvalue weighted by Crippen LogP contribution is 2.22. The molecule has 3 nitrogen and oxygen atoms in total. The molecule has 0 spiro atoms. The van der Waals surface area contributed by atoms with Gasteiger partial charge in [0.15, 0.2) is 0 Å². The van der Waals surface area contributed by atoms with Gasteiger partial charge in [-0.05, 0) is 42.0 Å². The van der Waals surface area contributed by atoms with Crippen molar-refractivity contribution in [2.45, 2.75) is 33.1 Å². The molecule has 0 saturated carbocycles. The Hall–Kier alpha value is -2.42. The van der Waals surface area contributed by atoms with Crippen LogP contribution >= 0.6 is 0 Å². The molecule has 0 aliphatic rings. The van der Waals surface area contributed by atoms with Gasteiger partial charge in [-0.1, -0.05) is 55.5 Å². The van der Waals surface area contributed by atoms with Crippen LogP contribution in [-0.4, -0.2) is 16.9 Å². The van der Waals surface area contributed by atoms with Crippen molar-refractivity contribution in [1.29, 1.82) is 0 Å². The maximum absolute atomic E-state index is 11.3. The third kappa shape index (κ3) is 5.06. The average molecular weight is 310 g/mol. The fourth-order valence-corrected chi connectivity index (χ4v) is 2.45. The molecule has 1 atom stereocenters. The van der Waals surface area contributed by atoms with Crippen LogP contribution in [0.4, 0.5) is 0 Å². The van der Waals surface area contributed by atoms with Gasteiger partial charge in [-0.2, -0.15) is 0 Å². The summed E-state index contributed by atoms with van der Waals surface area (Å²) in [6.07, 6.45) is 1.48. The van der Waals surface area contributed by atoms with Crippen LogP contribution in [0.3, 0.4) is 0 Å². The summed E-state index contributed by atoms with van der Waals surface area (Å²) in [4.78, 5) is 21.9. The topological polar surface area (TPSA) is 54.4 Å². The Bertz CT molecular complexity index is 669. The Balaban J connectivity index is 2.04. The van der Waals surface area contributed by atoms with Gasteiger partial charge in [0, 0.05) is 12.3 Å². The van der Waals surface area contributed by atoms with Gasteiger partial charge in [-0.25, -0.2) is 0 Å². The quantitative estimate of drug-likeness (QED) is 0.836. The van der Waals surface area contributed by atoms with Crippen molar-refractivity contribution < 1.29 is 14.7 Å². The summed E-state index contributed by atoms with van der Waals surface area (Å²) in [7, 11) is 0. The van der Waals surface area contributed by atoms with Crippen LogP contribution in [0.1, 0.15) is 31.4 Å². The Morgan fingerprint density at radius 3 is 1.83 bits per heavy atom. The second-order valence-corrected chi connectivity index (χ2v) is 6.00. The van der Waals surface area contributed by atoms with Crippen LogP contribution < -0.4 is 0 Å². The number of hydrogen-bond donors (Lipinski definition) is 1. The monoisotopic (exact) mass is 310 g/mol. The highest BCUT2D eigenvalue weighted by molar-refractivity contribution is 5.78. The van der Waals surface area contributed by atoms with Crippen molar-refractivity contribution in [3.05, 3.63) is 59.7 Å². The van der Waals surface area contributed by atoms with Crippen molar-refractivity contribution in [2.75, 3.05) is 0 Å². The molecule has 0 heterocycles. The molecule has 0 aliphatic carbocycles. The summed E-state index contributed by atoms with van der Waals surface area (Å²) in [5.41, 5.74) is 4.42. The van der Waals surface area contributed by atoms with E-state index >= 15 is 0 Å². The van der Waals surface area contributed by atoms with Gasteiger partial charge in [0.05, 0.1) is 0 Å². The van der Waals surface area contributed by atoms with E-state index in [1.165, 1.54) is 0 Å². The Morgan fingerprint density at radius 2 is 1.39 bits per heavy atom. The fraction of sp³-hybridized carbons (Fsp3) is 0.300. The predicted octanol–water partition coefficient (Wildman–Crippen LogP) is 4.14. The second kappa shape index (κ2) is 7.73. The molecular weight excluding hydrogens is 288 g/mol. The largest absolute Gasteiger partial charge is 0.481 e. The van der Waals surface area contributed by atoms with Crippen molar-refractivity contribution in [3.63, 3.8) is 0 Å². The van der Waals surface area contributed by atoms with Gasteiger partial charge >= 0.3 is 5.97 Å². The standard InChI is InChI=1S/C20H22O3/c1-14(15(2)21)13-17-5-10-19(11-6-17)18-8-3-16(4-9-18)7-12-20(22)23/h3-6,8-11,14H,7,12-13H2,1-2H3,(H,22,23)/t14-/m0/s1. The third-order valence-corrected chi connectivity index (χ3v) is 4.10. The van der Waals surface area contributed by atoms with Crippen molar-refractivity contribution >= 4 is 11.8 Å². The first-order valence-electron chi connectivity index (χ1n) is 7.86. The molecule has 23 heavy (non-hydrogen) atoms. The van der Waals surface area contributed by atoms with Crippen LogP contribution in [0, 0.1) is 5.92 Å².